The average Bonchev–Trinajstić information content (AvgIpc) is 3.36. The summed E-state index contributed by atoms with van der Waals surface area (Å²) in [5.74, 6) is 0.663. The summed E-state index contributed by atoms with van der Waals surface area (Å²) in [5.41, 5.74) is 4.28. The van der Waals surface area contributed by atoms with Crippen LogP contribution in [0.25, 0.3) is 21.9 Å². The van der Waals surface area contributed by atoms with E-state index in [1.807, 2.05) is 24.3 Å². The number of halogens is 1. The number of hydrogen-bond donors (Lipinski definition) is 2. The van der Waals surface area contributed by atoms with Crippen LogP contribution < -0.4 is 10.2 Å². The lowest BCUT2D eigenvalue weighted by molar-refractivity contribution is 0.0928. The first-order valence-corrected chi connectivity index (χ1v) is 13.4. The van der Waals surface area contributed by atoms with Crippen molar-refractivity contribution in [2.24, 2.45) is 0 Å². The number of hydrogen-bond acceptors (Lipinski definition) is 5. The first-order valence-electron chi connectivity index (χ1n) is 13.4. The lowest BCUT2D eigenvalue weighted by Crippen LogP contribution is -2.47. The second-order valence-electron chi connectivity index (χ2n) is 10.4. The van der Waals surface area contributed by atoms with Gasteiger partial charge in [-0.15, -0.1) is 0 Å². The summed E-state index contributed by atoms with van der Waals surface area (Å²) >= 11 is 0. The van der Waals surface area contributed by atoms with Gasteiger partial charge in [0, 0.05) is 55.1 Å². The molecule has 2 aromatic heterocycles. The second kappa shape index (κ2) is 10.1. The molecule has 2 aromatic carbocycles. The monoisotopic (exact) mass is 500 g/mol. The van der Waals surface area contributed by atoms with Crippen molar-refractivity contribution < 1.29 is 9.18 Å². The fraction of sp³-hybridized carbons (Fsp3) is 0.414. The van der Waals surface area contributed by atoms with Crippen LogP contribution in [-0.2, 0) is 0 Å². The van der Waals surface area contributed by atoms with Crippen LogP contribution >= 0.6 is 0 Å². The topological polar surface area (TPSA) is 77.2 Å². The molecule has 2 aliphatic rings. The van der Waals surface area contributed by atoms with E-state index in [0.29, 0.717) is 5.56 Å². The molecule has 1 aliphatic heterocycles. The molecule has 1 saturated carbocycles. The van der Waals surface area contributed by atoms with Gasteiger partial charge in [0.1, 0.15) is 11.6 Å². The molecule has 4 aromatic rings. The Morgan fingerprint density at radius 1 is 1.03 bits per heavy atom. The SMILES string of the molecule is CC(c1nc2ccc(C(=O)NC3CCCCC3)cc2[nH]1)N1CCN(c2ccnc3ccc(F)cc23)CC1. The van der Waals surface area contributed by atoms with Gasteiger partial charge in [-0.2, -0.15) is 0 Å². The summed E-state index contributed by atoms with van der Waals surface area (Å²) in [7, 11) is 0. The number of rotatable bonds is 5. The molecule has 6 rings (SSSR count). The van der Waals surface area contributed by atoms with Gasteiger partial charge in [0.2, 0.25) is 0 Å². The highest BCUT2D eigenvalue weighted by molar-refractivity contribution is 5.97. The Labute approximate surface area is 216 Å². The molecule has 3 heterocycles. The van der Waals surface area contributed by atoms with E-state index in [2.05, 4.69) is 32.0 Å². The third kappa shape index (κ3) is 4.90. The van der Waals surface area contributed by atoms with Gasteiger partial charge < -0.3 is 15.2 Å². The van der Waals surface area contributed by atoms with Gasteiger partial charge >= 0.3 is 0 Å². The number of piperazine rings is 1. The number of imidazole rings is 1. The highest BCUT2D eigenvalue weighted by Crippen LogP contribution is 2.29. The Balaban J connectivity index is 1.13. The summed E-state index contributed by atoms with van der Waals surface area (Å²) in [5, 5.41) is 4.05. The van der Waals surface area contributed by atoms with Gasteiger partial charge in [0.05, 0.1) is 22.6 Å². The molecule has 2 N–H and O–H groups in total. The number of aromatic nitrogens is 3. The zero-order valence-electron chi connectivity index (χ0n) is 21.2. The van der Waals surface area contributed by atoms with Crippen molar-refractivity contribution in [3.63, 3.8) is 0 Å². The van der Waals surface area contributed by atoms with E-state index in [0.717, 1.165) is 72.5 Å². The maximum atomic E-state index is 13.9. The van der Waals surface area contributed by atoms with Crippen molar-refractivity contribution in [1.82, 2.24) is 25.2 Å². The van der Waals surface area contributed by atoms with Gasteiger partial charge in [0.25, 0.3) is 5.91 Å². The number of H-pyrrole nitrogens is 1. The molecule has 1 amide bonds. The first kappa shape index (κ1) is 23.9. The van der Waals surface area contributed by atoms with Crippen LogP contribution in [0.2, 0.25) is 0 Å². The van der Waals surface area contributed by atoms with E-state index in [1.54, 1.807) is 18.3 Å². The Morgan fingerprint density at radius 2 is 1.81 bits per heavy atom. The van der Waals surface area contributed by atoms with Gasteiger partial charge in [-0.3, -0.25) is 14.7 Å². The molecule has 0 bridgehead atoms. The number of nitrogens with zero attached hydrogens (tertiary/aromatic N) is 4. The molecule has 8 heteroatoms. The van der Waals surface area contributed by atoms with Gasteiger partial charge in [-0.25, -0.2) is 9.37 Å². The predicted octanol–water partition coefficient (Wildman–Crippen LogP) is 5.20. The summed E-state index contributed by atoms with van der Waals surface area (Å²) in [4.78, 5) is 30.2. The van der Waals surface area contributed by atoms with Crippen molar-refractivity contribution in [1.29, 1.82) is 0 Å². The highest BCUT2D eigenvalue weighted by atomic mass is 19.1. The Morgan fingerprint density at radius 3 is 2.62 bits per heavy atom. The molecule has 192 valence electrons. The third-order valence-electron chi connectivity index (χ3n) is 7.98. The van der Waals surface area contributed by atoms with E-state index in [-0.39, 0.29) is 23.8 Å². The van der Waals surface area contributed by atoms with Crippen molar-refractivity contribution in [3.8, 4) is 0 Å². The van der Waals surface area contributed by atoms with Crippen LogP contribution in [0.5, 0.6) is 0 Å². The number of anilines is 1. The fourth-order valence-electron chi connectivity index (χ4n) is 5.79. The maximum Gasteiger partial charge on any atom is 0.251 e. The number of carbonyl (C=O) groups is 1. The van der Waals surface area contributed by atoms with Crippen LogP contribution in [0.4, 0.5) is 10.1 Å². The largest absolute Gasteiger partial charge is 0.368 e. The lowest BCUT2D eigenvalue weighted by Gasteiger charge is -2.38. The second-order valence-corrected chi connectivity index (χ2v) is 10.4. The van der Waals surface area contributed by atoms with Crippen molar-refractivity contribution in [2.45, 2.75) is 51.1 Å². The van der Waals surface area contributed by atoms with Gasteiger partial charge in [-0.1, -0.05) is 19.3 Å². The first-order chi connectivity index (χ1) is 18.0. The molecule has 7 nitrogen and oxygen atoms in total. The van der Waals surface area contributed by atoms with Crippen LogP contribution in [0, 0.1) is 5.82 Å². The quantitative estimate of drug-likeness (QED) is 0.394. The minimum absolute atomic E-state index is 0.00219. The van der Waals surface area contributed by atoms with Crippen molar-refractivity contribution >= 4 is 33.5 Å². The van der Waals surface area contributed by atoms with Crippen LogP contribution in [0.15, 0.2) is 48.7 Å². The van der Waals surface area contributed by atoms with E-state index >= 15 is 0 Å². The van der Waals surface area contributed by atoms with Crippen LogP contribution in [-0.4, -0.2) is 58.0 Å². The molecule has 0 spiro atoms. The minimum Gasteiger partial charge on any atom is -0.368 e. The number of pyridine rings is 1. The summed E-state index contributed by atoms with van der Waals surface area (Å²) in [6.45, 7) is 5.58. The average molecular weight is 501 g/mol. The molecular weight excluding hydrogens is 467 g/mol. The molecule has 1 atom stereocenters. The number of amides is 1. The highest BCUT2D eigenvalue weighted by Gasteiger charge is 2.25. The number of nitrogens with one attached hydrogen (secondary N) is 2. The molecule has 2 fully saturated rings. The molecule has 1 aliphatic carbocycles. The molecule has 37 heavy (non-hydrogen) atoms. The van der Waals surface area contributed by atoms with Crippen LogP contribution in [0.1, 0.15) is 61.3 Å². The fourth-order valence-corrected chi connectivity index (χ4v) is 5.79. The summed E-state index contributed by atoms with van der Waals surface area (Å²) < 4.78 is 13.9. The zero-order chi connectivity index (χ0) is 25.4. The zero-order valence-corrected chi connectivity index (χ0v) is 21.2. The van der Waals surface area contributed by atoms with Gasteiger partial charge in [0.15, 0.2) is 0 Å². The maximum absolute atomic E-state index is 13.9. The Kier molecular flexibility index (Phi) is 6.50. The number of fused-ring (bicyclic) bond motifs is 2. The molecule has 0 radical (unpaired) electrons. The summed E-state index contributed by atoms with van der Waals surface area (Å²) in [6.07, 6.45) is 7.59. The van der Waals surface area contributed by atoms with E-state index in [1.165, 1.54) is 25.3 Å². The lowest BCUT2D eigenvalue weighted by atomic mass is 9.95. The van der Waals surface area contributed by atoms with E-state index in [4.69, 9.17) is 4.98 Å². The van der Waals surface area contributed by atoms with Crippen molar-refractivity contribution in [2.75, 3.05) is 31.1 Å². The smallest absolute Gasteiger partial charge is 0.251 e. The standard InChI is InChI=1S/C29H33FN6O/c1-19(35-13-15-36(16-14-35)27-11-12-31-24-10-8-21(30)18-23(24)27)28-33-25-9-7-20(17-26(25)34-28)29(37)32-22-5-3-2-4-6-22/h7-12,17-19,22H,2-6,13-16H2,1H3,(H,32,37)(H,33,34). The number of aromatic amines is 1. The van der Waals surface area contributed by atoms with Gasteiger partial charge in [-0.05, 0) is 62.2 Å². The number of carbonyl (C=O) groups excluding carboxylic acids is 1. The Bertz CT molecular complexity index is 1420. The van der Waals surface area contributed by atoms with Crippen LogP contribution in [0.3, 0.4) is 0 Å². The predicted molar refractivity (Wildman–Crippen MR) is 144 cm³/mol. The normalized spacial score (nSPS) is 18.4. The molecular formula is C29H33FN6O. The van der Waals surface area contributed by atoms with E-state index < -0.39 is 0 Å². The Hall–Kier alpha value is -3.52. The minimum atomic E-state index is -0.242. The number of benzene rings is 2. The molecule has 1 unspecified atom stereocenters. The third-order valence-corrected chi connectivity index (χ3v) is 7.98. The molecule has 1 saturated heterocycles. The van der Waals surface area contributed by atoms with E-state index in [9.17, 15) is 9.18 Å². The summed E-state index contributed by atoms with van der Waals surface area (Å²) in [6, 6.07) is 12.9. The van der Waals surface area contributed by atoms with Crippen molar-refractivity contribution in [3.05, 3.63) is 65.9 Å².